The van der Waals surface area contributed by atoms with Crippen molar-refractivity contribution in [1.82, 2.24) is 5.06 Å². The van der Waals surface area contributed by atoms with Crippen molar-refractivity contribution in [3.63, 3.8) is 0 Å². The minimum Gasteiger partial charge on any atom is -0.432 e. The van der Waals surface area contributed by atoms with Crippen LogP contribution in [0, 0.1) is 0 Å². The summed E-state index contributed by atoms with van der Waals surface area (Å²) < 4.78 is 5.79. The van der Waals surface area contributed by atoms with Gasteiger partial charge in [-0.2, -0.15) is 0 Å². The lowest BCUT2D eigenvalue weighted by molar-refractivity contribution is -0.246. The zero-order valence-electron chi connectivity index (χ0n) is 17.2. The Morgan fingerprint density at radius 2 is 1.34 bits per heavy atom. The number of benzene rings is 2. The summed E-state index contributed by atoms with van der Waals surface area (Å²) in [6.07, 6.45) is 0.0548. The second kappa shape index (κ2) is 6.59. The fraction of sp³-hybridized carbons (Fsp3) is 0.391. The Hall–Kier alpha value is -2.86. The van der Waals surface area contributed by atoms with E-state index in [9.17, 15) is 9.59 Å². The molecule has 2 aliphatic heterocycles. The summed E-state index contributed by atoms with van der Waals surface area (Å²) in [4.78, 5) is 33.5. The molecule has 0 saturated carbocycles. The third-order valence-corrected chi connectivity index (χ3v) is 5.55. The number of piperidine rings is 1. The Labute approximate surface area is 171 Å². The molecule has 0 N–H and O–H groups in total. The van der Waals surface area contributed by atoms with Crippen molar-refractivity contribution in [3.05, 3.63) is 60.7 Å². The molecule has 2 heterocycles. The molecular formula is C23H26N2O4. The van der Waals surface area contributed by atoms with Crippen molar-refractivity contribution < 1.29 is 19.2 Å². The van der Waals surface area contributed by atoms with E-state index in [0.29, 0.717) is 18.5 Å². The molecule has 152 valence electrons. The molecule has 1 spiro atoms. The van der Waals surface area contributed by atoms with E-state index in [2.05, 4.69) is 0 Å². The Kier molecular flexibility index (Phi) is 4.42. The average Bonchev–Trinajstić information content (AvgIpc) is 2.88. The molecule has 2 aromatic rings. The Morgan fingerprint density at radius 1 is 0.828 bits per heavy atom. The van der Waals surface area contributed by atoms with Gasteiger partial charge >= 0.3 is 6.09 Å². The smallest absolute Gasteiger partial charge is 0.422 e. The maximum atomic E-state index is 13.5. The van der Waals surface area contributed by atoms with Gasteiger partial charge in [-0.1, -0.05) is 36.4 Å². The Balaban J connectivity index is 1.66. The van der Waals surface area contributed by atoms with Crippen LogP contribution in [0.15, 0.2) is 60.7 Å². The van der Waals surface area contributed by atoms with E-state index in [1.807, 2.05) is 69.2 Å². The molecule has 0 atom stereocenters. The van der Waals surface area contributed by atoms with Crippen molar-refractivity contribution in [3.8, 4) is 5.75 Å². The highest BCUT2D eigenvalue weighted by Crippen LogP contribution is 2.49. The monoisotopic (exact) mass is 394 g/mol. The SMILES string of the molecule is CC1(C)CC2(CC(C)(C)N1Oc1ccccc1)OC(=O)N(c1ccccc1)C2=O. The van der Waals surface area contributed by atoms with Crippen molar-refractivity contribution in [2.45, 2.75) is 57.2 Å². The molecule has 0 radical (unpaired) electrons. The van der Waals surface area contributed by atoms with Crippen LogP contribution in [0.3, 0.4) is 0 Å². The molecule has 2 aromatic carbocycles. The molecule has 6 heteroatoms. The van der Waals surface area contributed by atoms with E-state index in [1.165, 1.54) is 0 Å². The van der Waals surface area contributed by atoms with Crippen LogP contribution in [-0.4, -0.2) is 33.7 Å². The minimum absolute atomic E-state index is 0.311. The van der Waals surface area contributed by atoms with Crippen LogP contribution in [0.2, 0.25) is 0 Å². The van der Waals surface area contributed by atoms with Crippen LogP contribution >= 0.6 is 0 Å². The highest BCUT2D eigenvalue weighted by atomic mass is 16.7. The first-order chi connectivity index (χ1) is 13.6. The summed E-state index contributed by atoms with van der Waals surface area (Å²) in [6.45, 7) is 8.02. The number of hydrogen-bond donors (Lipinski definition) is 0. The molecule has 0 bridgehead atoms. The quantitative estimate of drug-likeness (QED) is 0.764. The van der Waals surface area contributed by atoms with E-state index in [-0.39, 0.29) is 5.91 Å². The molecular weight excluding hydrogens is 368 g/mol. The minimum atomic E-state index is -1.21. The van der Waals surface area contributed by atoms with E-state index in [1.54, 1.807) is 24.3 Å². The van der Waals surface area contributed by atoms with Crippen molar-refractivity contribution in [2.24, 2.45) is 0 Å². The van der Waals surface area contributed by atoms with Crippen LogP contribution in [0.5, 0.6) is 5.75 Å². The van der Waals surface area contributed by atoms with Gasteiger partial charge in [0.1, 0.15) is 5.75 Å². The van der Waals surface area contributed by atoms with Gasteiger partial charge in [-0.3, -0.25) is 4.79 Å². The number of hydrogen-bond acceptors (Lipinski definition) is 5. The molecule has 2 fully saturated rings. The number of anilines is 1. The normalized spacial score (nSPS) is 22.6. The van der Waals surface area contributed by atoms with Crippen LogP contribution in [0.1, 0.15) is 40.5 Å². The lowest BCUT2D eigenvalue weighted by Gasteiger charge is -2.55. The Morgan fingerprint density at radius 3 is 1.90 bits per heavy atom. The fourth-order valence-electron chi connectivity index (χ4n) is 4.82. The van der Waals surface area contributed by atoms with Gasteiger partial charge in [0.25, 0.3) is 5.91 Å². The van der Waals surface area contributed by atoms with Crippen LogP contribution in [0.4, 0.5) is 10.5 Å². The lowest BCUT2D eigenvalue weighted by atomic mass is 9.72. The maximum absolute atomic E-state index is 13.5. The number of ether oxygens (including phenoxy) is 1. The average molecular weight is 394 g/mol. The number of rotatable bonds is 3. The van der Waals surface area contributed by atoms with Crippen LogP contribution in [-0.2, 0) is 9.53 Å². The number of imide groups is 1. The predicted octanol–water partition coefficient (Wildman–Crippen LogP) is 4.56. The predicted molar refractivity (Wildman–Crippen MR) is 109 cm³/mol. The van der Waals surface area contributed by atoms with E-state index >= 15 is 0 Å². The number of carbonyl (C=O) groups is 2. The molecule has 0 aromatic heterocycles. The van der Waals surface area contributed by atoms with Gasteiger partial charge in [0.2, 0.25) is 0 Å². The summed E-state index contributed by atoms with van der Waals surface area (Å²) in [6, 6.07) is 18.5. The number of amides is 2. The molecule has 0 aliphatic carbocycles. The zero-order valence-corrected chi connectivity index (χ0v) is 17.2. The molecule has 2 aliphatic rings. The van der Waals surface area contributed by atoms with E-state index in [0.717, 1.165) is 10.6 Å². The fourth-order valence-corrected chi connectivity index (χ4v) is 4.82. The van der Waals surface area contributed by atoms with Gasteiger partial charge in [0, 0.05) is 12.8 Å². The third kappa shape index (κ3) is 3.27. The van der Waals surface area contributed by atoms with Crippen LogP contribution < -0.4 is 9.74 Å². The number of nitrogens with zero attached hydrogens (tertiary/aromatic N) is 2. The van der Waals surface area contributed by atoms with Gasteiger partial charge in [-0.15, -0.1) is 5.06 Å². The first-order valence-corrected chi connectivity index (χ1v) is 9.81. The van der Waals surface area contributed by atoms with Crippen molar-refractivity contribution >= 4 is 17.7 Å². The second-order valence-corrected chi connectivity index (χ2v) is 9.02. The van der Waals surface area contributed by atoms with Crippen molar-refractivity contribution in [1.29, 1.82) is 0 Å². The standard InChI is InChI=1S/C23H26N2O4/c1-21(2)15-23(16-22(3,4)25(21)29-18-13-9-6-10-14-18)19(26)24(20(27)28-23)17-11-7-5-8-12-17/h5-14H,15-16H2,1-4H3. The number of carbonyl (C=O) groups excluding carboxylic acids is 2. The molecule has 2 saturated heterocycles. The number of para-hydroxylation sites is 2. The highest BCUT2D eigenvalue weighted by Gasteiger charge is 2.64. The summed E-state index contributed by atoms with van der Waals surface area (Å²) in [5.41, 5.74) is -1.80. The summed E-state index contributed by atoms with van der Waals surface area (Å²) >= 11 is 0. The first kappa shape index (κ1) is 19.5. The molecule has 0 unspecified atom stereocenters. The lowest BCUT2D eigenvalue weighted by Crippen LogP contribution is -2.68. The largest absolute Gasteiger partial charge is 0.432 e. The molecule has 6 nitrogen and oxygen atoms in total. The van der Waals surface area contributed by atoms with Gasteiger partial charge < -0.3 is 9.57 Å². The molecule has 29 heavy (non-hydrogen) atoms. The van der Waals surface area contributed by atoms with E-state index in [4.69, 9.17) is 9.57 Å². The Bertz CT molecular complexity index is 906. The molecule has 2 amide bonds. The topological polar surface area (TPSA) is 59.1 Å². The third-order valence-electron chi connectivity index (χ3n) is 5.55. The zero-order chi connectivity index (χ0) is 20.9. The maximum Gasteiger partial charge on any atom is 0.422 e. The van der Waals surface area contributed by atoms with Gasteiger partial charge in [0.15, 0.2) is 5.60 Å². The summed E-state index contributed by atoms with van der Waals surface area (Å²) in [5, 5.41) is 1.92. The van der Waals surface area contributed by atoms with Crippen LogP contribution in [0.25, 0.3) is 0 Å². The molecule has 4 rings (SSSR count). The first-order valence-electron chi connectivity index (χ1n) is 9.81. The van der Waals surface area contributed by atoms with Gasteiger partial charge in [-0.05, 0) is 52.0 Å². The summed E-state index contributed by atoms with van der Waals surface area (Å²) in [7, 11) is 0. The van der Waals surface area contributed by atoms with Gasteiger partial charge in [-0.25, -0.2) is 9.69 Å². The highest BCUT2D eigenvalue weighted by molar-refractivity contribution is 6.20. The number of hydroxylamine groups is 2. The van der Waals surface area contributed by atoms with Gasteiger partial charge in [0.05, 0.1) is 16.8 Å². The second-order valence-electron chi connectivity index (χ2n) is 9.02. The summed E-state index contributed by atoms with van der Waals surface area (Å²) in [5.74, 6) is 0.416. The van der Waals surface area contributed by atoms with E-state index < -0.39 is 22.8 Å². The van der Waals surface area contributed by atoms with Crippen molar-refractivity contribution in [2.75, 3.05) is 4.90 Å².